The lowest BCUT2D eigenvalue weighted by Gasteiger charge is -2.44. The third-order valence-corrected chi connectivity index (χ3v) is 3.24. The van der Waals surface area contributed by atoms with Gasteiger partial charge in [-0.1, -0.05) is 0 Å². The van der Waals surface area contributed by atoms with Crippen LogP contribution in [0.4, 0.5) is 0 Å². The van der Waals surface area contributed by atoms with Gasteiger partial charge in [-0.05, 0) is 0 Å². The fourth-order valence-corrected chi connectivity index (χ4v) is 2.39. The third-order valence-electron chi connectivity index (χ3n) is 3.24. The first-order chi connectivity index (χ1) is 9.94. The molecular formula is C13H23NO7. The van der Waals surface area contributed by atoms with E-state index < -0.39 is 36.6 Å². The zero-order valence-electron chi connectivity index (χ0n) is 13.0. The molecule has 8 nitrogen and oxygen atoms in total. The molecule has 1 aliphatic heterocycles. The maximum atomic E-state index is 11.3. The molecule has 1 amide bonds. The molecule has 0 bridgehead atoms. The first-order valence-electron chi connectivity index (χ1n) is 6.58. The zero-order chi connectivity index (χ0) is 16.0. The SMILES string of the molecule is COC1OC(COC(C)=O)C(OC)C(OC)C1NC(C)=O. The summed E-state index contributed by atoms with van der Waals surface area (Å²) in [5.41, 5.74) is 0. The summed E-state index contributed by atoms with van der Waals surface area (Å²) in [4.78, 5) is 22.3. The number of carbonyl (C=O) groups is 2. The van der Waals surface area contributed by atoms with E-state index in [9.17, 15) is 9.59 Å². The third kappa shape index (κ3) is 4.63. The second-order valence-electron chi connectivity index (χ2n) is 4.71. The minimum absolute atomic E-state index is 0.0142. The van der Waals surface area contributed by atoms with Gasteiger partial charge in [-0.25, -0.2) is 0 Å². The van der Waals surface area contributed by atoms with Crippen LogP contribution in [0.15, 0.2) is 0 Å². The van der Waals surface area contributed by atoms with Crippen molar-refractivity contribution in [2.75, 3.05) is 27.9 Å². The van der Waals surface area contributed by atoms with Gasteiger partial charge >= 0.3 is 5.97 Å². The van der Waals surface area contributed by atoms with Crippen LogP contribution in [0.25, 0.3) is 0 Å². The molecule has 0 aromatic rings. The van der Waals surface area contributed by atoms with Gasteiger partial charge in [-0.3, -0.25) is 9.59 Å². The smallest absolute Gasteiger partial charge is 0.302 e. The Balaban J connectivity index is 2.91. The van der Waals surface area contributed by atoms with Crippen molar-refractivity contribution in [3.05, 3.63) is 0 Å². The van der Waals surface area contributed by atoms with E-state index in [0.717, 1.165) is 0 Å². The quantitative estimate of drug-likeness (QED) is 0.659. The van der Waals surface area contributed by atoms with Gasteiger partial charge in [0.2, 0.25) is 5.91 Å². The molecule has 0 aromatic carbocycles. The number of esters is 1. The molecule has 21 heavy (non-hydrogen) atoms. The molecule has 1 aliphatic rings. The number of methoxy groups -OCH3 is 3. The van der Waals surface area contributed by atoms with Crippen LogP contribution in [0.2, 0.25) is 0 Å². The van der Waals surface area contributed by atoms with Gasteiger partial charge in [0.25, 0.3) is 0 Å². The molecule has 1 fully saturated rings. The number of amides is 1. The molecule has 8 heteroatoms. The molecule has 0 aliphatic carbocycles. The van der Waals surface area contributed by atoms with Gasteiger partial charge in [-0.2, -0.15) is 0 Å². The summed E-state index contributed by atoms with van der Waals surface area (Å²) >= 11 is 0. The average Bonchev–Trinajstić information content (AvgIpc) is 2.44. The van der Waals surface area contributed by atoms with E-state index in [4.69, 9.17) is 23.7 Å². The van der Waals surface area contributed by atoms with Crippen molar-refractivity contribution in [3.63, 3.8) is 0 Å². The topological polar surface area (TPSA) is 92.3 Å². The van der Waals surface area contributed by atoms with Gasteiger partial charge in [0.1, 0.15) is 31.0 Å². The van der Waals surface area contributed by atoms with Crippen molar-refractivity contribution in [2.24, 2.45) is 0 Å². The summed E-state index contributed by atoms with van der Waals surface area (Å²) in [6.45, 7) is 2.72. The lowest BCUT2D eigenvalue weighted by molar-refractivity contribution is -0.272. The highest BCUT2D eigenvalue weighted by molar-refractivity contribution is 5.73. The van der Waals surface area contributed by atoms with E-state index in [2.05, 4.69) is 5.32 Å². The predicted molar refractivity (Wildman–Crippen MR) is 71.5 cm³/mol. The van der Waals surface area contributed by atoms with E-state index in [1.165, 1.54) is 35.2 Å². The average molecular weight is 305 g/mol. The summed E-state index contributed by atoms with van der Waals surface area (Å²) in [6.07, 6.45) is -2.31. The van der Waals surface area contributed by atoms with Crippen LogP contribution in [0.1, 0.15) is 13.8 Å². The van der Waals surface area contributed by atoms with E-state index in [1.807, 2.05) is 0 Å². The Hall–Kier alpha value is -1.22. The van der Waals surface area contributed by atoms with Gasteiger partial charge in [0, 0.05) is 35.2 Å². The fourth-order valence-electron chi connectivity index (χ4n) is 2.39. The largest absolute Gasteiger partial charge is 0.463 e. The number of hydrogen-bond donors (Lipinski definition) is 1. The highest BCUT2D eigenvalue weighted by atomic mass is 16.7. The first kappa shape index (κ1) is 17.8. The molecule has 1 N–H and O–H groups in total. The summed E-state index contributed by atoms with van der Waals surface area (Å²) in [5, 5.41) is 2.73. The molecule has 122 valence electrons. The Morgan fingerprint density at radius 2 is 1.67 bits per heavy atom. The van der Waals surface area contributed by atoms with Crippen molar-refractivity contribution < 1.29 is 33.3 Å². The molecule has 1 heterocycles. The monoisotopic (exact) mass is 305 g/mol. The molecule has 1 saturated heterocycles. The molecular weight excluding hydrogens is 282 g/mol. The maximum Gasteiger partial charge on any atom is 0.302 e. The van der Waals surface area contributed by atoms with E-state index in [1.54, 1.807) is 0 Å². The summed E-state index contributed by atoms with van der Waals surface area (Å²) in [5.74, 6) is -0.652. The molecule has 1 rings (SSSR count). The van der Waals surface area contributed by atoms with Crippen molar-refractivity contribution in [1.29, 1.82) is 0 Å². The number of carbonyl (C=O) groups excluding carboxylic acids is 2. The normalized spacial score (nSPS) is 32.5. The maximum absolute atomic E-state index is 11.3. The van der Waals surface area contributed by atoms with Crippen LogP contribution >= 0.6 is 0 Å². The van der Waals surface area contributed by atoms with E-state index >= 15 is 0 Å². The highest BCUT2D eigenvalue weighted by Crippen LogP contribution is 2.26. The standard InChI is InChI=1S/C13H23NO7/c1-7(15)14-10-12(18-4)11(17-3)9(6-20-8(2)16)21-13(10)19-5/h9-13H,6H2,1-5H3,(H,14,15). The molecule has 0 spiro atoms. The van der Waals surface area contributed by atoms with Gasteiger partial charge in [-0.15, -0.1) is 0 Å². The van der Waals surface area contributed by atoms with Crippen LogP contribution in [-0.4, -0.2) is 70.5 Å². The molecule has 5 unspecified atom stereocenters. The van der Waals surface area contributed by atoms with Gasteiger partial charge in [0.15, 0.2) is 6.29 Å². The van der Waals surface area contributed by atoms with Crippen LogP contribution in [0.5, 0.6) is 0 Å². The Bertz CT molecular complexity index is 362. The van der Waals surface area contributed by atoms with Crippen LogP contribution < -0.4 is 5.32 Å². The lowest BCUT2D eigenvalue weighted by atomic mass is 9.96. The van der Waals surface area contributed by atoms with E-state index in [-0.39, 0.29) is 12.5 Å². The molecule has 0 saturated carbocycles. The van der Waals surface area contributed by atoms with Crippen molar-refractivity contribution in [2.45, 2.75) is 44.5 Å². The number of nitrogens with one attached hydrogen (secondary N) is 1. The van der Waals surface area contributed by atoms with Gasteiger partial charge < -0.3 is 29.0 Å². The first-order valence-corrected chi connectivity index (χ1v) is 6.58. The molecule has 5 atom stereocenters. The Morgan fingerprint density at radius 1 is 1.05 bits per heavy atom. The Labute approximate surface area is 124 Å². The molecule has 0 aromatic heterocycles. The summed E-state index contributed by atoms with van der Waals surface area (Å²) in [6, 6.07) is -0.531. The Kier molecular flexibility index (Phi) is 7.03. The number of rotatable bonds is 6. The predicted octanol–water partition coefficient (Wildman–Crippen LogP) is -0.544. The summed E-state index contributed by atoms with van der Waals surface area (Å²) in [7, 11) is 4.47. The Morgan fingerprint density at radius 3 is 2.10 bits per heavy atom. The summed E-state index contributed by atoms with van der Waals surface area (Å²) < 4.78 is 26.8. The van der Waals surface area contributed by atoms with Crippen molar-refractivity contribution >= 4 is 11.9 Å². The van der Waals surface area contributed by atoms with Crippen LogP contribution in [0, 0.1) is 0 Å². The van der Waals surface area contributed by atoms with Crippen LogP contribution in [0.3, 0.4) is 0 Å². The number of ether oxygens (including phenoxy) is 5. The lowest BCUT2D eigenvalue weighted by Crippen LogP contribution is -2.65. The minimum Gasteiger partial charge on any atom is -0.463 e. The fraction of sp³-hybridized carbons (Fsp3) is 0.846. The van der Waals surface area contributed by atoms with Crippen LogP contribution in [-0.2, 0) is 33.3 Å². The molecule has 0 radical (unpaired) electrons. The highest BCUT2D eigenvalue weighted by Gasteiger charge is 2.47. The minimum atomic E-state index is -0.731. The second-order valence-corrected chi connectivity index (χ2v) is 4.71. The van der Waals surface area contributed by atoms with Gasteiger partial charge in [0.05, 0.1) is 0 Å². The van der Waals surface area contributed by atoms with Crippen molar-refractivity contribution in [3.8, 4) is 0 Å². The number of hydrogen-bond acceptors (Lipinski definition) is 7. The second kappa shape index (κ2) is 8.28. The zero-order valence-corrected chi connectivity index (χ0v) is 13.0. The van der Waals surface area contributed by atoms with Crippen molar-refractivity contribution in [1.82, 2.24) is 5.32 Å². The van der Waals surface area contributed by atoms with E-state index in [0.29, 0.717) is 0 Å².